The van der Waals surface area contributed by atoms with E-state index < -0.39 is 27.0 Å². The predicted molar refractivity (Wildman–Crippen MR) is 77.2 cm³/mol. The normalized spacial score (nSPS) is 10.6. The first kappa shape index (κ1) is 17.6. The highest BCUT2D eigenvalue weighted by Crippen LogP contribution is 2.18. The number of hydrogen-bond donors (Lipinski definition) is 1. The van der Waals surface area contributed by atoms with Crippen molar-refractivity contribution in [1.82, 2.24) is 0 Å². The molecule has 1 N–H and O–H groups in total. The number of ether oxygens (including phenoxy) is 2. The van der Waals surface area contributed by atoms with Gasteiger partial charge in [0.1, 0.15) is 13.2 Å². The summed E-state index contributed by atoms with van der Waals surface area (Å²) in [4.78, 5) is 23.2. The molecule has 1 aromatic carbocycles. The van der Waals surface area contributed by atoms with Crippen LogP contribution in [0.5, 0.6) is 0 Å². The molecule has 0 fully saturated rings. The fourth-order valence-electron chi connectivity index (χ4n) is 1.46. The van der Waals surface area contributed by atoms with Gasteiger partial charge in [0, 0.05) is 0 Å². The van der Waals surface area contributed by atoms with Gasteiger partial charge in [-0.3, -0.25) is 4.55 Å². The third kappa shape index (κ3) is 4.54. The van der Waals surface area contributed by atoms with Gasteiger partial charge in [0.25, 0.3) is 10.1 Å². The van der Waals surface area contributed by atoms with Crippen molar-refractivity contribution in [2.75, 3.05) is 13.2 Å². The molecule has 1 rings (SSSR count). The summed E-state index contributed by atoms with van der Waals surface area (Å²) in [6.45, 7) is 6.53. The highest BCUT2D eigenvalue weighted by atomic mass is 32.2. The van der Waals surface area contributed by atoms with Crippen molar-refractivity contribution in [3.63, 3.8) is 0 Å². The minimum absolute atomic E-state index is 0.0833. The minimum Gasteiger partial charge on any atom is -0.458 e. The summed E-state index contributed by atoms with van der Waals surface area (Å²) in [6.07, 6.45) is 2.64. The van der Waals surface area contributed by atoms with E-state index in [1.54, 1.807) is 0 Å². The van der Waals surface area contributed by atoms with Crippen LogP contribution in [0.4, 0.5) is 0 Å². The maximum absolute atomic E-state index is 11.9. The molecule has 0 unspecified atom stereocenters. The van der Waals surface area contributed by atoms with E-state index in [2.05, 4.69) is 13.2 Å². The van der Waals surface area contributed by atoms with Crippen LogP contribution in [0.2, 0.25) is 0 Å². The van der Waals surface area contributed by atoms with Crippen LogP contribution >= 0.6 is 0 Å². The number of carbonyl (C=O) groups is 2. The molecule has 0 spiro atoms. The van der Waals surface area contributed by atoms with Crippen LogP contribution in [0.25, 0.3) is 0 Å². The smallest absolute Gasteiger partial charge is 0.339 e. The van der Waals surface area contributed by atoms with Gasteiger partial charge in [0.15, 0.2) is 0 Å². The van der Waals surface area contributed by atoms with Crippen molar-refractivity contribution in [2.45, 2.75) is 4.90 Å². The van der Waals surface area contributed by atoms with Crippen molar-refractivity contribution in [1.29, 1.82) is 0 Å². The Hall–Kier alpha value is -2.45. The average Bonchev–Trinajstić information content (AvgIpc) is 2.48. The highest BCUT2D eigenvalue weighted by Gasteiger charge is 2.22. The van der Waals surface area contributed by atoms with Crippen LogP contribution in [0.1, 0.15) is 20.7 Å². The summed E-state index contributed by atoms with van der Waals surface area (Å²) in [7, 11) is -4.53. The zero-order chi connectivity index (χ0) is 16.8. The van der Waals surface area contributed by atoms with Crippen molar-refractivity contribution >= 4 is 22.1 Å². The van der Waals surface area contributed by atoms with Gasteiger partial charge in [0.2, 0.25) is 0 Å². The number of esters is 2. The predicted octanol–water partition coefficient (Wildman–Crippen LogP) is 1.62. The topological polar surface area (TPSA) is 107 Å². The van der Waals surface area contributed by atoms with E-state index in [9.17, 15) is 18.0 Å². The first-order valence-corrected chi connectivity index (χ1v) is 7.42. The Bertz CT molecular complexity index is 704. The number of hydrogen-bond acceptors (Lipinski definition) is 6. The summed E-state index contributed by atoms with van der Waals surface area (Å²) in [5, 5.41) is 0. The van der Waals surface area contributed by atoms with Crippen LogP contribution in [0.3, 0.4) is 0 Å². The molecule has 7 nitrogen and oxygen atoms in total. The Morgan fingerprint density at radius 3 is 2.00 bits per heavy atom. The van der Waals surface area contributed by atoms with Crippen LogP contribution in [0, 0.1) is 0 Å². The first-order chi connectivity index (χ1) is 10.3. The van der Waals surface area contributed by atoms with Gasteiger partial charge in [0.05, 0.1) is 16.0 Å². The molecular weight excluding hydrogens is 312 g/mol. The largest absolute Gasteiger partial charge is 0.458 e. The maximum Gasteiger partial charge on any atom is 0.339 e. The lowest BCUT2D eigenvalue weighted by Crippen LogP contribution is -2.15. The molecule has 0 atom stereocenters. The SMILES string of the molecule is C=CCOC(=O)c1ccc(S(=O)(=O)O)cc1C(=O)OCC=C. The third-order valence-corrected chi connectivity index (χ3v) is 3.24. The van der Waals surface area contributed by atoms with E-state index in [-0.39, 0.29) is 24.3 Å². The Morgan fingerprint density at radius 1 is 1.05 bits per heavy atom. The van der Waals surface area contributed by atoms with E-state index in [0.717, 1.165) is 18.2 Å². The first-order valence-electron chi connectivity index (χ1n) is 5.98. The lowest BCUT2D eigenvalue weighted by atomic mass is 10.1. The Balaban J connectivity index is 3.30. The zero-order valence-corrected chi connectivity index (χ0v) is 12.3. The molecule has 0 saturated heterocycles. The second-order valence-corrected chi connectivity index (χ2v) is 5.38. The molecule has 0 radical (unpaired) electrons. The van der Waals surface area contributed by atoms with Gasteiger partial charge < -0.3 is 9.47 Å². The zero-order valence-electron chi connectivity index (χ0n) is 11.5. The van der Waals surface area contributed by atoms with E-state index in [1.807, 2.05) is 0 Å². The van der Waals surface area contributed by atoms with E-state index in [0.29, 0.717) is 0 Å². The standard InChI is InChI=1S/C14H14O7S/c1-3-7-20-13(15)11-6-5-10(22(17,18)19)9-12(11)14(16)21-8-4-2/h3-6,9H,1-2,7-8H2,(H,17,18,19). The fraction of sp³-hybridized carbons (Fsp3) is 0.143. The molecule has 0 amide bonds. The van der Waals surface area contributed by atoms with E-state index >= 15 is 0 Å². The van der Waals surface area contributed by atoms with E-state index in [4.69, 9.17) is 14.0 Å². The quantitative estimate of drug-likeness (QED) is 0.461. The number of benzene rings is 1. The van der Waals surface area contributed by atoms with Crippen LogP contribution < -0.4 is 0 Å². The molecule has 0 heterocycles. The van der Waals surface area contributed by atoms with E-state index in [1.165, 1.54) is 12.2 Å². The Morgan fingerprint density at radius 2 is 1.55 bits per heavy atom. The number of rotatable bonds is 7. The average molecular weight is 326 g/mol. The monoisotopic (exact) mass is 326 g/mol. The summed E-state index contributed by atoms with van der Waals surface area (Å²) in [5.74, 6) is -1.80. The van der Waals surface area contributed by atoms with Gasteiger partial charge in [-0.2, -0.15) is 8.42 Å². The van der Waals surface area contributed by atoms with Crippen LogP contribution in [0.15, 0.2) is 48.4 Å². The Labute approximate surface area is 127 Å². The highest BCUT2D eigenvalue weighted by molar-refractivity contribution is 7.85. The molecule has 0 bridgehead atoms. The summed E-state index contributed by atoms with van der Waals surface area (Å²) in [6, 6.07) is 2.87. The molecule has 0 aliphatic heterocycles. The molecule has 8 heteroatoms. The molecular formula is C14H14O7S. The van der Waals surface area contributed by atoms with Crippen LogP contribution in [-0.2, 0) is 19.6 Å². The van der Waals surface area contributed by atoms with Crippen molar-refractivity contribution in [3.8, 4) is 0 Å². The van der Waals surface area contributed by atoms with Gasteiger partial charge in [-0.05, 0) is 18.2 Å². The Kier molecular flexibility index (Phi) is 6.02. The van der Waals surface area contributed by atoms with Crippen LogP contribution in [-0.4, -0.2) is 38.1 Å². The number of carbonyl (C=O) groups excluding carboxylic acids is 2. The molecule has 0 aromatic heterocycles. The van der Waals surface area contributed by atoms with Gasteiger partial charge in [-0.25, -0.2) is 9.59 Å². The van der Waals surface area contributed by atoms with Crippen molar-refractivity contribution in [3.05, 3.63) is 54.6 Å². The second kappa shape index (κ2) is 7.53. The maximum atomic E-state index is 11.9. The van der Waals surface area contributed by atoms with Gasteiger partial charge >= 0.3 is 11.9 Å². The second-order valence-electron chi connectivity index (χ2n) is 3.96. The third-order valence-electron chi connectivity index (χ3n) is 2.39. The lowest BCUT2D eigenvalue weighted by molar-refractivity contribution is 0.0502. The minimum atomic E-state index is -4.53. The molecule has 0 aliphatic carbocycles. The van der Waals surface area contributed by atoms with Crippen molar-refractivity contribution < 1.29 is 32.0 Å². The molecule has 22 heavy (non-hydrogen) atoms. The van der Waals surface area contributed by atoms with Crippen molar-refractivity contribution in [2.24, 2.45) is 0 Å². The fourth-order valence-corrected chi connectivity index (χ4v) is 1.96. The summed E-state index contributed by atoms with van der Waals surface area (Å²) >= 11 is 0. The lowest BCUT2D eigenvalue weighted by Gasteiger charge is -2.09. The summed E-state index contributed by atoms with van der Waals surface area (Å²) in [5.41, 5.74) is -0.533. The van der Waals surface area contributed by atoms with Gasteiger partial charge in [-0.15, -0.1) is 0 Å². The molecule has 1 aromatic rings. The molecule has 118 valence electrons. The summed E-state index contributed by atoms with van der Waals surface area (Å²) < 4.78 is 40.9. The molecule has 0 saturated carbocycles. The van der Waals surface area contributed by atoms with Gasteiger partial charge in [-0.1, -0.05) is 25.3 Å². The molecule has 0 aliphatic rings.